The van der Waals surface area contributed by atoms with Gasteiger partial charge in [-0.2, -0.15) is 0 Å². The monoisotopic (exact) mass is 240 g/mol. The summed E-state index contributed by atoms with van der Waals surface area (Å²) < 4.78 is 0. The van der Waals surface area contributed by atoms with Crippen LogP contribution in [0.25, 0.3) is 0 Å². The number of benzene rings is 2. The zero-order chi connectivity index (χ0) is 12.8. The van der Waals surface area contributed by atoms with Crippen molar-refractivity contribution in [3.05, 3.63) is 66.2 Å². The molecule has 92 valence electrons. The van der Waals surface area contributed by atoms with Gasteiger partial charge in [-0.1, -0.05) is 48.5 Å². The van der Waals surface area contributed by atoms with E-state index in [2.05, 4.69) is 5.32 Å². The SMILES string of the molecule is N[C@@H](Cc1ccccc1)C(=O)Nc1ccccc1. The molecule has 3 heteroatoms. The maximum Gasteiger partial charge on any atom is 0.241 e. The molecule has 2 aromatic rings. The highest BCUT2D eigenvalue weighted by atomic mass is 16.2. The molecule has 0 aromatic heterocycles. The van der Waals surface area contributed by atoms with Crippen LogP contribution in [0.15, 0.2) is 60.7 Å². The Bertz CT molecular complexity index is 496. The number of hydrogen-bond donors (Lipinski definition) is 2. The number of amides is 1. The fourth-order valence-corrected chi connectivity index (χ4v) is 1.72. The second kappa shape index (κ2) is 5.98. The van der Waals surface area contributed by atoms with Crippen LogP contribution in [0.5, 0.6) is 0 Å². The molecule has 1 atom stereocenters. The van der Waals surface area contributed by atoms with Crippen molar-refractivity contribution in [2.45, 2.75) is 12.5 Å². The van der Waals surface area contributed by atoms with Gasteiger partial charge in [0.15, 0.2) is 0 Å². The minimum absolute atomic E-state index is 0.162. The van der Waals surface area contributed by atoms with E-state index in [1.165, 1.54) is 0 Å². The summed E-state index contributed by atoms with van der Waals surface area (Å²) in [5, 5.41) is 2.80. The predicted octanol–water partition coefficient (Wildman–Crippen LogP) is 2.20. The Hall–Kier alpha value is -2.13. The van der Waals surface area contributed by atoms with Crippen LogP contribution in [0.3, 0.4) is 0 Å². The molecule has 0 saturated heterocycles. The highest BCUT2D eigenvalue weighted by Crippen LogP contribution is 2.07. The Labute approximate surface area is 107 Å². The first-order valence-corrected chi connectivity index (χ1v) is 5.91. The van der Waals surface area contributed by atoms with Crippen LogP contribution in [0, 0.1) is 0 Å². The number of anilines is 1. The third-order valence-corrected chi connectivity index (χ3v) is 2.68. The van der Waals surface area contributed by atoms with Gasteiger partial charge in [-0.25, -0.2) is 0 Å². The van der Waals surface area contributed by atoms with Gasteiger partial charge in [-0.05, 0) is 24.1 Å². The third-order valence-electron chi connectivity index (χ3n) is 2.68. The Balaban J connectivity index is 1.93. The molecule has 0 spiro atoms. The third kappa shape index (κ3) is 3.43. The van der Waals surface area contributed by atoms with Crippen LogP contribution < -0.4 is 11.1 Å². The lowest BCUT2D eigenvalue weighted by Gasteiger charge is -2.12. The van der Waals surface area contributed by atoms with Crippen molar-refractivity contribution in [3.8, 4) is 0 Å². The molecule has 2 rings (SSSR count). The van der Waals surface area contributed by atoms with Crippen molar-refractivity contribution in [1.29, 1.82) is 0 Å². The van der Waals surface area contributed by atoms with Crippen LogP contribution in [0.4, 0.5) is 5.69 Å². The van der Waals surface area contributed by atoms with E-state index in [4.69, 9.17) is 5.73 Å². The second-order valence-electron chi connectivity index (χ2n) is 4.15. The predicted molar refractivity (Wildman–Crippen MR) is 73.2 cm³/mol. The summed E-state index contributed by atoms with van der Waals surface area (Å²) in [5.41, 5.74) is 7.72. The van der Waals surface area contributed by atoms with Gasteiger partial charge in [0.2, 0.25) is 5.91 Å². The standard InChI is InChI=1S/C15H16N2O/c16-14(11-12-7-3-1-4-8-12)15(18)17-13-9-5-2-6-10-13/h1-10,14H,11,16H2,(H,17,18)/t14-/m0/s1. The first-order chi connectivity index (χ1) is 8.75. The maximum absolute atomic E-state index is 11.9. The first-order valence-electron chi connectivity index (χ1n) is 5.91. The number of nitrogens with one attached hydrogen (secondary N) is 1. The molecular weight excluding hydrogens is 224 g/mol. The van der Waals surface area contributed by atoms with E-state index in [9.17, 15) is 4.79 Å². The van der Waals surface area contributed by atoms with Crippen molar-refractivity contribution in [3.63, 3.8) is 0 Å². The number of carbonyl (C=O) groups is 1. The van der Waals surface area contributed by atoms with Gasteiger partial charge in [0.25, 0.3) is 0 Å². The minimum atomic E-state index is -0.535. The van der Waals surface area contributed by atoms with E-state index < -0.39 is 6.04 Å². The molecule has 0 aliphatic rings. The van der Waals surface area contributed by atoms with Crippen molar-refractivity contribution in [1.82, 2.24) is 0 Å². The topological polar surface area (TPSA) is 55.1 Å². The maximum atomic E-state index is 11.9. The van der Waals surface area contributed by atoms with Crippen molar-refractivity contribution >= 4 is 11.6 Å². The Morgan fingerprint density at radius 3 is 2.17 bits per heavy atom. The van der Waals surface area contributed by atoms with Crippen molar-refractivity contribution in [2.75, 3.05) is 5.32 Å². The molecule has 0 radical (unpaired) electrons. The molecule has 0 bridgehead atoms. The van der Waals surface area contributed by atoms with Crippen molar-refractivity contribution < 1.29 is 4.79 Å². The van der Waals surface area contributed by atoms with E-state index in [0.29, 0.717) is 6.42 Å². The number of rotatable bonds is 4. The van der Waals surface area contributed by atoms with E-state index in [1.807, 2.05) is 60.7 Å². The van der Waals surface area contributed by atoms with Gasteiger partial charge in [0, 0.05) is 5.69 Å². The fourth-order valence-electron chi connectivity index (χ4n) is 1.72. The molecule has 2 aromatic carbocycles. The number of carbonyl (C=O) groups excluding carboxylic acids is 1. The lowest BCUT2D eigenvalue weighted by Crippen LogP contribution is -2.37. The highest BCUT2D eigenvalue weighted by Gasteiger charge is 2.13. The molecule has 0 unspecified atom stereocenters. The van der Waals surface area contributed by atoms with E-state index in [-0.39, 0.29) is 5.91 Å². The minimum Gasteiger partial charge on any atom is -0.325 e. The lowest BCUT2D eigenvalue weighted by molar-refractivity contribution is -0.117. The van der Waals surface area contributed by atoms with Crippen LogP contribution in [-0.2, 0) is 11.2 Å². The average molecular weight is 240 g/mol. The summed E-state index contributed by atoms with van der Waals surface area (Å²) in [4.78, 5) is 11.9. The smallest absolute Gasteiger partial charge is 0.241 e. The summed E-state index contributed by atoms with van der Waals surface area (Å²) >= 11 is 0. The Kier molecular flexibility index (Phi) is 4.10. The highest BCUT2D eigenvalue weighted by molar-refractivity contribution is 5.94. The summed E-state index contributed by atoms with van der Waals surface area (Å²) in [6.07, 6.45) is 0.541. The largest absolute Gasteiger partial charge is 0.325 e. The lowest BCUT2D eigenvalue weighted by atomic mass is 10.1. The van der Waals surface area contributed by atoms with Gasteiger partial charge in [-0.15, -0.1) is 0 Å². The normalized spacial score (nSPS) is 11.8. The summed E-state index contributed by atoms with van der Waals surface area (Å²) in [6.45, 7) is 0. The zero-order valence-corrected chi connectivity index (χ0v) is 10.0. The van der Waals surface area contributed by atoms with Crippen molar-refractivity contribution in [2.24, 2.45) is 5.73 Å². The summed E-state index contributed by atoms with van der Waals surface area (Å²) in [5.74, 6) is -0.162. The molecule has 18 heavy (non-hydrogen) atoms. The molecule has 0 fully saturated rings. The van der Waals surface area contributed by atoms with Gasteiger partial charge in [0.05, 0.1) is 6.04 Å². The summed E-state index contributed by atoms with van der Waals surface area (Å²) in [7, 11) is 0. The van der Waals surface area contributed by atoms with Gasteiger partial charge in [-0.3, -0.25) is 4.79 Å². The number of hydrogen-bond acceptors (Lipinski definition) is 2. The molecule has 0 aliphatic carbocycles. The van der Waals surface area contributed by atoms with Crippen LogP contribution in [0.1, 0.15) is 5.56 Å². The molecule has 3 N–H and O–H groups in total. The van der Waals surface area contributed by atoms with Gasteiger partial charge in [0.1, 0.15) is 0 Å². The molecule has 0 heterocycles. The van der Waals surface area contributed by atoms with Crippen LogP contribution in [0.2, 0.25) is 0 Å². The molecular formula is C15H16N2O. The molecule has 1 amide bonds. The molecule has 0 aliphatic heterocycles. The number of nitrogens with two attached hydrogens (primary N) is 1. The van der Waals surface area contributed by atoms with Crippen LogP contribution in [-0.4, -0.2) is 11.9 Å². The Morgan fingerprint density at radius 1 is 1.00 bits per heavy atom. The summed E-state index contributed by atoms with van der Waals surface area (Å²) in [6, 6.07) is 18.6. The van der Waals surface area contributed by atoms with E-state index >= 15 is 0 Å². The molecule has 3 nitrogen and oxygen atoms in total. The number of para-hydroxylation sites is 1. The first kappa shape index (κ1) is 12.3. The fraction of sp³-hybridized carbons (Fsp3) is 0.133. The molecule has 0 saturated carbocycles. The van der Waals surface area contributed by atoms with Gasteiger partial charge >= 0.3 is 0 Å². The van der Waals surface area contributed by atoms with Crippen LogP contribution >= 0.6 is 0 Å². The zero-order valence-electron chi connectivity index (χ0n) is 10.0. The van der Waals surface area contributed by atoms with E-state index in [0.717, 1.165) is 11.3 Å². The van der Waals surface area contributed by atoms with Gasteiger partial charge < -0.3 is 11.1 Å². The Morgan fingerprint density at radius 2 is 1.56 bits per heavy atom. The van der Waals surface area contributed by atoms with E-state index in [1.54, 1.807) is 0 Å². The second-order valence-corrected chi connectivity index (χ2v) is 4.15. The average Bonchev–Trinajstić information content (AvgIpc) is 2.41. The quantitative estimate of drug-likeness (QED) is 0.860.